The number of hydrogen-bond acceptors (Lipinski definition) is 9. The summed E-state index contributed by atoms with van der Waals surface area (Å²) in [4.78, 5) is 20.9. The van der Waals surface area contributed by atoms with E-state index >= 15 is 0 Å². The molecule has 2 aliphatic carbocycles. The lowest BCUT2D eigenvalue weighted by molar-refractivity contribution is -0.117. The SMILES string of the molecule is CNC1(c2ccccc2N(C)C)CC=CC(NC)(C2(C3(NC)C=CCC(NC)(c4ccccc4N(C)C)C3)OC(=O)c3cc(N(C)C)ccc32)C1. The number of benzene rings is 3. The smallest absolute Gasteiger partial charge is 0.339 e. The van der Waals surface area contributed by atoms with Gasteiger partial charge in [0.05, 0.1) is 27.7 Å². The summed E-state index contributed by atoms with van der Waals surface area (Å²) in [5.41, 5.74) is 3.16. The van der Waals surface area contributed by atoms with Crippen molar-refractivity contribution in [2.75, 3.05) is 85.2 Å². The monoisotopic (exact) mass is 691 g/mol. The lowest BCUT2D eigenvalue weighted by Gasteiger charge is -2.61. The van der Waals surface area contributed by atoms with Crippen molar-refractivity contribution < 1.29 is 9.53 Å². The summed E-state index contributed by atoms with van der Waals surface area (Å²) < 4.78 is 7.16. The maximum atomic E-state index is 14.6. The number of cyclic esters (lactones) is 1. The van der Waals surface area contributed by atoms with Gasteiger partial charge in [-0.2, -0.15) is 0 Å². The van der Waals surface area contributed by atoms with E-state index in [4.69, 9.17) is 4.74 Å². The Balaban J connectivity index is 1.67. The van der Waals surface area contributed by atoms with Gasteiger partial charge >= 0.3 is 5.97 Å². The molecule has 3 aromatic carbocycles. The van der Waals surface area contributed by atoms with E-state index in [0.29, 0.717) is 18.4 Å². The van der Waals surface area contributed by atoms with E-state index in [2.05, 4.69) is 158 Å². The van der Waals surface area contributed by atoms with Crippen LogP contribution in [0.25, 0.3) is 0 Å². The molecule has 1 aliphatic heterocycles. The van der Waals surface area contributed by atoms with Gasteiger partial charge in [-0.3, -0.25) is 0 Å². The predicted molar refractivity (Wildman–Crippen MR) is 211 cm³/mol. The van der Waals surface area contributed by atoms with Gasteiger partial charge in [0.1, 0.15) is 0 Å². The van der Waals surface area contributed by atoms with Crippen molar-refractivity contribution in [3.8, 4) is 0 Å². The van der Waals surface area contributed by atoms with E-state index in [0.717, 1.165) is 35.5 Å². The summed E-state index contributed by atoms with van der Waals surface area (Å²) in [7, 11) is 20.5. The number of fused-ring (bicyclic) bond motifs is 1. The van der Waals surface area contributed by atoms with Gasteiger partial charge in [0.25, 0.3) is 0 Å². The molecular formula is C42H57N7O2. The lowest BCUT2D eigenvalue weighted by Crippen LogP contribution is -2.76. The zero-order valence-electron chi connectivity index (χ0n) is 32.1. The first-order valence-corrected chi connectivity index (χ1v) is 18.0. The van der Waals surface area contributed by atoms with E-state index in [1.165, 1.54) is 11.1 Å². The molecule has 272 valence electrons. The first-order chi connectivity index (χ1) is 24.3. The van der Waals surface area contributed by atoms with Gasteiger partial charge in [-0.15, -0.1) is 0 Å². The van der Waals surface area contributed by atoms with Crippen LogP contribution in [-0.4, -0.2) is 87.5 Å². The molecule has 0 amide bonds. The molecule has 4 N–H and O–H groups in total. The molecule has 3 aromatic rings. The van der Waals surface area contributed by atoms with Crippen LogP contribution in [0.1, 0.15) is 52.7 Å². The zero-order valence-corrected chi connectivity index (χ0v) is 32.1. The number of hydrogen-bond donors (Lipinski definition) is 4. The van der Waals surface area contributed by atoms with Crippen molar-refractivity contribution in [1.82, 2.24) is 21.3 Å². The third-order valence-electron chi connectivity index (χ3n) is 12.2. The number of nitrogens with zero attached hydrogens (tertiary/aromatic N) is 3. The highest BCUT2D eigenvalue weighted by Crippen LogP contribution is 2.61. The van der Waals surface area contributed by atoms with Crippen molar-refractivity contribution in [3.63, 3.8) is 0 Å². The Bertz CT molecular complexity index is 1740. The summed E-state index contributed by atoms with van der Waals surface area (Å²) in [5, 5.41) is 15.3. The molecule has 6 rings (SSSR count). The topological polar surface area (TPSA) is 84.1 Å². The van der Waals surface area contributed by atoms with Crippen LogP contribution in [0, 0.1) is 0 Å². The third-order valence-corrected chi connectivity index (χ3v) is 12.2. The molecule has 4 unspecified atom stereocenters. The van der Waals surface area contributed by atoms with Gasteiger partial charge in [-0.1, -0.05) is 66.8 Å². The number of rotatable bonds is 11. The van der Waals surface area contributed by atoms with Gasteiger partial charge in [0.15, 0.2) is 5.60 Å². The number of nitrogens with one attached hydrogen (secondary N) is 4. The molecule has 0 saturated heterocycles. The van der Waals surface area contributed by atoms with Crippen LogP contribution in [0.2, 0.25) is 0 Å². The Hall–Kier alpha value is -4.15. The molecule has 0 fully saturated rings. The van der Waals surface area contributed by atoms with Crippen molar-refractivity contribution >= 4 is 23.0 Å². The maximum absolute atomic E-state index is 14.6. The molecule has 9 nitrogen and oxygen atoms in total. The largest absolute Gasteiger partial charge is 0.446 e. The average molecular weight is 692 g/mol. The van der Waals surface area contributed by atoms with Crippen molar-refractivity contribution in [2.45, 2.75) is 53.4 Å². The number of esters is 1. The van der Waals surface area contributed by atoms with Gasteiger partial charge in [-0.25, -0.2) is 4.79 Å². The lowest BCUT2D eigenvalue weighted by atomic mass is 9.53. The van der Waals surface area contributed by atoms with E-state index in [1.807, 2.05) is 39.2 Å². The Morgan fingerprint density at radius 3 is 1.47 bits per heavy atom. The molecule has 0 radical (unpaired) electrons. The summed E-state index contributed by atoms with van der Waals surface area (Å²) >= 11 is 0. The van der Waals surface area contributed by atoms with Crippen LogP contribution >= 0.6 is 0 Å². The predicted octanol–water partition coefficient (Wildman–Crippen LogP) is 5.10. The molecule has 3 aliphatic rings. The first-order valence-electron chi connectivity index (χ1n) is 18.0. The minimum Gasteiger partial charge on any atom is -0.446 e. The van der Waals surface area contributed by atoms with Crippen LogP contribution < -0.4 is 36.0 Å². The van der Waals surface area contributed by atoms with Gasteiger partial charge in [0.2, 0.25) is 0 Å². The molecule has 9 heteroatoms. The number of carbonyl (C=O) groups is 1. The highest BCUT2D eigenvalue weighted by atomic mass is 16.6. The van der Waals surface area contributed by atoms with Crippen LogP contribution in [-0.2, 0) is 21.4 Å². The Morgan fingerprint density at radius 1 is 0.588 bits per heavy atom. The van der Waals surface area contributed by atoms with E-state index in [9.17, 15) is 4.79 Å². The molecule has 0 aromatic heterocycles. The van der Waals surface area contributed by atoms with E-state index in [-0.39, 0.29) is 5.97 Å². The summed E-state index contributed by atoms with van der Waals surface area (Å²) in [5.74, 6) is -0.316. The quantitative estimate of drug-likeness (QED) is 0.162. The van der Waals surface area contributed by atoms with Crippen LogP contribution in [0.15, 0.2) is 91.0 Å². The van der Waals surface area contributed by atoms with E-state index < -0.39 is 27.8 Å². The molecule has 0 saturated carbocycles. The van der Waals surface area contributed by atoms with Crippen LogP contribution in [0.4, 0.5) is 17.1 Å². The fourth-order valence-corrected chi connectivity index (χ4v) is 9.51. The van der Waals surface area contributed by atoms with Crippen molar-refractivity contribution in [2.24, 2.45) is 0 Å². The fourth-order valence-electron chi connectivity index (χ4n) is 9.51. The molecule has 1 heterocycles. The minimum absolute atomic E-state index is 0.316. The van der Waals surface area contributed by atoms with Crippen molar-refractivity contribution in [3.05, 3.63) is 113 Å². The van der Waals surface area contributed by atoms with Crippen LogP contribution in [0.5, 0.6) is 0 Å². The van der Waals surface area contributed by atoms with Gasteiger partial charge < -0.3 is 40.7 Å². The molecule has 4 atom stereocenters. The maximum Gasteiger partial charge on any atom is 0.339 e. The van der Waals surface area contributed by atoms with Crippen LogP contribution in [0.3, 0.4) is 0 Å². The summed E-state index contributed by atoms with van der Waals surface area (Å²) in [6.45, 7) is 0. The Kier molecular flexibility index (Phi) is 9.65. The average Bonchev–Trinajstić information content (AvgIpc) is 3.47. The zero-order chi connectivity index (χ0) is 36.8. The molecule has 0 spiro atoms. The second kappa shape index (κ2) is 13.4. The Morgan fingerprint density at radius 2 is 1.06 bits per heavy atom. The molecule has 0 bridgehead atoms. The highest BCUT2D eigenvalue weighted by molar-refractivity contribution is 5.97. The second-order valence-electron chi connectivity index (χ2n) is 15.2. The highest BCUT2D eigenvalue weighted by Gasteiger charge is 2.71. The first kappa shape index (κ1) is 36.6. The molecule has 51 heavy (non-hydrogen) atoms. The van der Waals surface area contributed by atoms with E-state index in [1.54, 1.807) is 0 Å². The summed E-state index contributed by atoms with van der Waals surface area (Å²) in [6.07, 6.45) is 11.9. The normalized spacial score (nSPS) is 29.8. The number of carbonyl (C=O) groups excluding carboxylic acids is 1. The Labute approximate surface area is 305 Å². The number of anilines is 3. The van der Waals surface area contributed by atoms with Crippen molar-refractivity contribution in [1.29, 1.82) is 0 Å². The number of ether oxygens (including phenoxy) is 1. The minimum atomic E-state index is -1.22. The number of likely N-dealkylation sites (N-methyl/N-ethyl adjacent to an activating group) is 2. The molecular weight excluding hydrogens is 635 g/mol. The summed E-state index contributed by atoms with van der Waals surface area (Å²) in [6, 6.07) is 23.5. The standard InChI is InChI=1S/C42H57N7O2/c1-43-38(33-17-11-13-19-35(33)48(7)8)23-15-25-40(28-38,45-3)42(32-22-21-30(47(5)6)27-31(32)37(50)51-42)41(46-4)26-16-24-39(29-41,44-2)34-18-12-14-20-36(34)49(9)10/h11-22,25-27,43-46H,23-24,28-29H2,1-10H3. The number of para-hydroxylation sites is 2. The second-order valence-corrected chi connectivity index (χ2v) is 15.2. The third kappa shape index (κ3) is 5.39. The van der Waals surface area contributed by atoms with Gasteiger partial charge in [-0.05, 0) is 89.3 Å². The fraction of sp³-hybridized carbons (Fsp3) is 0.452. The van der Waals surface area contributed by atoms with Gasteiger partial charge in [0, 0.05) is 64.9 Å².